The van der Waals surface area contributed by atoms with Gasteiger partial charge in [0.25, 0.3) is 0 Å². The number of hydrogen-bond acceptors (Lipinski definition) is 1. The Balaban J connectivity index is 1.02. The summed E-state index contributed by atoms with van der Waals surface area (Å²) in [6, 6.07) is 73.6. The van der Waals surface area contributed by atoms with Crippen LogP contribution in [-0.2, 0) is 0 Å². The van der Waals surface area contributed by atoms with Crippen molar-refractivity contribution in [2.75, 3.05) is 4.90 Å². The highest BCUT2D eigenvalue weighted by molar-refractivity contribution is 6.26. The number of rotatable bonds is 6. The van der Waals surface area contributed by atoms with Crippen LogP contribution in [0.1, 0.15) is 17.9 Å². The molecule has 0 amide bonds. The fourth-order valence-electron chi connectivity index (χ4n) is 9.10. The summed E-state index contributed by atoms with van der Waals surface area (Å²) in [7, 11) is 0. The van der Waals surface area contributed by atoms with E-state index in [2.05, 4.69) is 223 Å². The van der Waals surface area contributed by atoms with Crippen LogP contribution < -0.4 is 4.90 Å². The molecule has 0 spiro atoms. The van der Waals surface area contributed by atoms with E-state index in [9.17, 15) is 0 Å². The van der Waals surface area contributed by atoms with Crippen LogP contribution in [0.25, 0.3) is 76.1 Å². The Kier molecular flexibility index (Phi) is 8.03. The van der Waals surface area contributed by atoms with Gasteiger partial charge in [-0.25, -0.2) is 0 Å². The van der Waals surface area contributed by atoms with Gasteiger partial charge in [-0.2, -0.15) is 0 Å². The van der Waals surface area contributed by atoms with Crippen molar-refractivity contribution in [3.05, 3.63) is 230 Å². The maximum atomic E-state index is 2.42. The third-order valence-corrected chi connectivity index (χ3v) is 11.9. The van der Waals surface area contributed by atoms with Crippen molar-refractivity contribution in [1.29, 1.82) is 0 Å². The number of nitrogens with zero attached hydrogens (tertiary/aromatic N) is 1. The van der Waals surface area contributed by atoms with Crippen LogP contribution in [0.3, 0.4) is 0 Å². The molecule has 1 nitrogen and oxygen atoms in total. The normalized spacial score (nSPS) is 14.1. The topological polar surface area (TPSA) is 3.24 Å². The zero-order valence-corrected chi connectivity index (χ0v) is 31.5. The fourth-order valence-corrected chi connectivity index (χ4v) is 9.10. The van der Waals surface area contributed by atoms with Gasteiger partial charge in [0, 0.05) is 23.0 Å². The Morgan fingerprint density at radius 1 is 0.386 bits per heavy atom. The third kappa shape index (κ3) is 5.88. The van der Waals surface area contributed by atoms with Crippen LogP contribution in [0, 0.1) is 0 Å². The Morgan fingerprint density at radius 3 is 1.56 bits per heavy atom. The van der Waals surface area contributed by atoms with Crippen molar-refractivity contribution in [3.8, 4) is 22.3 Å². The number of benzene rings is 10. The van der Waals surface area contributed by atoms with Crippen molar-refractivity contribution in [2.24, 2.45) is 0 Å². The molecule has 268 valence electrons. The number of fused-ring (bicyclic) bond motifs is 7. The molecular weight excluding hydrogens is 687 g/mol. The molecule has 1 aliphatic rings. The first-order valence-corrected chi connectivity index (χ1v) is 19.9. The molecule has 10 aromatic rings. The monoisotopic (exact) mass is 725 g/mol. The summed E-state index contributed by atoms with van der Waals surface area (Å²) < 4.78 is 0. The van der Waals surface area contributed by atoms with Crippen LogP contribution in [0.15, 0.2) is 224 Å². The zero-order valence-electron chi connectivity index (χ0n) is 31.5. The van der Waals surface area contributed by atoms with Crippen molar-refractivity contribution in [2.45, 2.75) is 12.3 Å². The molecule has 0 saturated heterocycles. The van der Waals surface area contributed by atoms with Gasteiger partial charge in [0.05, 0.1) is 0 Å². The molecule has 0 radical (unpaired) electrons. The average molecular weight is 726 g/mol. The Morgan fingerprint density at radius 2 is 0.912 bits per heavy atom. The quantitative estimate of drug-likeness (QED) is 0.154. The molecule has 0 aliphatic heterocycles. The predicted molar refractivity (Wildman–Crippen MR) is 244 cm³/mol. The molecule has 0 aromatic heterocycles. The first kappa shape index (κ1) is 33.1. The summed E-state index contributed by atoms with van der Waals surface area (Å²) in [5.74, 6) is 0.387. The molecule has 0 heterocycles. The van der Waals surface area contributed by atoms with Crippen molar-refractivity contribution in [3.63, 3.8) is 0 Å². The van der Waals surface area contributed by atoms with E-state index in [4.69, 9.17) is 0 Å². The minimum Gasteiger partial charge on any atom is -0.311 e. The van der Waals surface area contributed by atoms with E-state index in [-0.39, 0.29) is 0 Å². The van der Waals surface area contributed by atoms with Gasteiger partial charge in [0.2, 0.25) is 0 Å². The number of allylic oxidation sites excluding steroid dienone is 3. The minimum absolute atomic E-state index is 0.387. The molecule has 1 atom stereocenters. The lowest BCUT2D eigenvalue weighted by Gasteiger charge is -2.29. The van der Waals surface area contributed by atoms with Gasteiger partial charge in [0.1, 0.15) is 0 Å². The van der Waals surface area contributed by atoms with E-state index in [0.29, 0.717) is 5.92 Å². The average Bonchev–Trinajstić information content (AvgIpc) is 3.29. The summed E-state index contributed by atoms with van der Waals surface area (Å²) in [6.45, 7) is 0. The summed E-state index contributed by atoms with van der Waals surface area (Å²) in [6.07, 6.45) is 8.00. The summed E-state index contributed by atoms with van der Waals surface area (Å²) in [4.78, 5) is 2.39. The summed E-state index contributed by atoms with van der Waals surface area (Å²) in [5, 5.41) is 12.6. The van der Waals surface area contributed by atoms with E-state index in [0.717, 1.165) is 17.8 Å². The highest BCUT2D eigenvalue weighted by atomic mass is 15.1. The van der Waals surface area contributed by atoms with Crippen LogP contribution in [0.4, 0.5) is 11.4 Å². The van der Waals surface area contributed by atoms with E-state index in [1.807, 2.05) is 0 Å². The molecule has 0 N–H and O–H groups in total. The lowest BCUT2D eigenvalue weighted by molar-refractivity contribution is 0.840. The highest BCUT2D eigenvalue weighted by Gasteiger charge is 2.19. The third-order valence-electron chi connectivity index (χ3n) is 11.9. The maximum absolute atomic E-state index is 2.42. The van der Waals surface area contributed by atoms with Crippen LogP contribution in [0.5, 0.6) is 0 Å². The first-order chi connectivity index (χ1) is 28.2. The molecule has 0 bridgehead atoms. The van der Waals surface area contributed by atoms with Gasteiger partial charge >= 0.3 is 0 Å². The van der Waals surface area contributed by atoms with Gasteiger partial charge in [-0.3, -0.25) is 0 Å². The van der Waals surface area contributed by atoms with Gasteiger partial charge in [-0.05, 0) is 143 Å². The Hall–Kier alpha value is -7.22. The molecule has 1 aliphatic carbocycles. The van der Waals surface area contributed by atoms with Gasteiger partial charge in [-0.1, -0.05) is 164 Å². The number of hydrogen-bond donors (Lipinski definition) is 0. The second kappa shape index (κ2) is 13.8. The first-order valence-electron chi connectivity index (χ1n) is 19.9. The maximum Gasteiger partial charge on any atom is 0.0467 e. The second-order valence-electron chi connectivity index (χ2n) is 15.3. The standard InChI is InChI=1S/C56H39N/c1-3-13-38(14-4-1)40-27-30-48(31-28-40)57(47-17-5-2-6-18-47)49-32-29-42-34-45(26-24-43(42)35-49)55-37-46-36-54(44-25-23-39-15-7-8-16-41(39)33-44)50-19-9-11-21-52(50)56(46)53-22-12-10-20-51(53)55/h1-27,29-37,40H,28H2. The molecule has 11 rings (SSSR count). The van der Waals surface area contributed by atoms with E-state index in [1.54, 1.807) is 0 Å². The van der Waals surface area contributed by atoms with Crippen LogP contribution >= 0.6 is 0 Å². The van der Waals surface area contributed by atoms with E-state index < -0.39 is 0 Å². The molecule has 1 unspecified atom stereocenters. The minimum atomic E-state index is 0.387. The lowest BCUT2D eigenvalue weighted by atomic mass is 9.87. The van der Waals surface area contributed by atoms with Gasteiger partial charge in [0.15, 0.2) is 0 Å². The molecular formula is C56H39N. The van der Waals surface area contributed by atoms with Crippen LogP contribution in [-0.4, -0.2) is 0 Å². The Bertz CT molecular complexity index is 3210. The highest BCUT2D eigenvalue weighted by Crippen LogP contribution is 2.43. The fraction of sp³-hybridized carbons (Fsp3) is 0.0357. The molecule has 1 heteroatoms. The molecule has 0 fully saturated rings. The lowest BCUT2D eigenvalue weighted by Crippen LogP contribution is -2.17. The second-order valence-corrected chi connectivity index (χ2v) is 15.3. The van der Waals surface area contributed by atoms with Crippen molar-refractivity contribution in [1.82, 2.24) is 0 Å². The predicted octanol–water partition coefficient (Wildman–Crippen LogP) is 15.6. The largest absolute Gasteiger partial charge is 0.311 e. The Labute approximate surface area is 333 Å². The zero-order chi connectivity index (χ0) is 37.7. The number of anilines is 2. The van der Waals surface area contributed by atoms with Gasteiger partial charge < -0.3 is 4.90 Å². The van der Waals surface area contributed by atoms with Crippen molar-refractivity contribution >= 4 is 65.2 Å². The summed E-state index contributed by atoms with van der Waals surface area (Å²) >= 11 is 0. The van der Waals surface area contributed by atoms with E-state index in [1.165, 1.54) is 87.4 Å². The van der Waals surface area contributed by atoms with Crippen LogP contribution in [0.2, 0.25) is 0 Å². The number of para-hydroxylation sites is 1. The summed E-state index contributed by atoms with van der Waals surface area (Å²) in [5.41, 5.74) is 9.83. The van der Waals surface area contributed by atoms with Gasteiger partial charge in [-0.15, -0.1) is 0 Å². The molecule has 10 aromatic carbocycles. The smallest absolute Gasteiger partial charge is 0.0467 e. The molecule has 57 heavy (non-hydrogen) atoms. The molecule has 0 saturated carbocycles. The van der Waals surface area contributed by atoms with Crippen molar-refractivity contribution < 1.29 is 0 Å². The SMILES string of the molecule is C1=CC(c2ccccc2)CC=C1N(c1ccccc1)c1ccc2cc(-c3cc4cc(-c5ccc6ccccc6c5)c5ccccc5c4c4ccccc34)ccc2c1. The van der Waals surface area contributed by atoms with E-state index >= 15 is 0 Å².